The van der Waals surface area contributed by atoms with Crippen molar-refractivity contribution in [2.45, 2.75) is 32.1 Å². The molecule has 2 N–H and O–H groups in total. The molecule has 25 heavy (non-hydrogen) atoms. The molecular formula is C20H23NO4. The van der Waals surface area contributed by atoms with Gasteiger partial charge in [0, 0.05) is 12.1 Å². The van der Waals surface area contributed by atoms with Crippen molar-refractivity contribution >= 4 is 17.6 Å². The van der Waals surface area contributed by atoms with Crippen molar-refractivity contribution in [2.24, 2.45) is 0 Å². The number of carboxylic acid groups (broad SMARTS) is 1. The Labute approximate surface area is 147 Å². The van der Waals surface area contributed by atoms with E-state index >= 15 is 0 Å². The van der Waals surface area contributed by atoms with Gasteiger partial charge in [-0.05, 0) is 41.7 Å². The van der Waals surface area contributed by atoms with Crippen LogP contribution >= 0.6 is 0 Å². The van der Waals surface area contributed by atoms with Gasteiger partial charge in [-0.2, -0.15) is 0 Å². The van der Waals surface area contributed by atoms with Crippen LogP contribution in [0.1, 0.15) is 36.8 Å². The van der Waals surface area contributed by atoms with Gasteiger partial charge in [-0.15, -0.1) is 0 Å². The van der Waals surface area contributed by atoms with Gasteiger partial charge in [0.25, 0.3) is 0 Å². The topological polar surface area (TPSA) is 75.6 Å². The van der Waals surface area contributed by atoms with Gasteiger partial charge in [-0.3, -0.25) is 9.59 Å². The lowest BCUT2D eigenvalue weighted by atomic mass is 9.93. The molecule has 2 aromatic carbocycles. The summed E-state index contributed by atoms with van der Waals surface area (Å²) in [5.41, 5.74) is 2.23. The Morgan fingerprint density at radius 3 is 2.40 bits per heavy atom. The zero-order chi connectivity index (χ0) is 18.2. The minimum atomic E-state index is -0.925. The molecule has 0 saturated carbocycles. The number of methoxy groups -OCH3 is 1. The molecule has 5 heteroatoms. The molecule has 0 aromatic heterocycles. The zero-order valence-electron chi connectivity index (χ0n) is 14.5. The van der Waals surface area contributed by atoms with E-state index in [0.717, 1.165) is 17.7 Å². The molecule has 0 bridgehead atoms. The third-order valence-electron chi connectivity index (χ3n) is 4.14. The summed E-state index contributed by atoms with van der Waals surface area (Å²) in [6, 6.07) is 14.7. The van der Waals surface area contributed by atoms with E-state index < -0.39 is 5.97 Å². The fourth-order valence-electron chi connectivity index (χ4n) is 2.76. The van der Waals surface area contributed by atoms with Crippen molar-refractivity contribution < 1.29 is 19.4 Å². The summed E-state index contributed by atoms with van der Waals surface area (Å²) in [5, 5.41) is 11.8. The number of carbonyl (C=O) groups excluding carboxylic acids is 1. The molecule has 0 fully saturated rings. The maximum Gasteiger partial charge on any atom is 0.307 e. The lowest BCUT2D eigenvalue weighted by molar-refractivity contribution is -0.136. The number of hydrogen-bond donors (Lipinski definition) is 2. The molecule has 0 spiro atoms. The van der Waals surface area contributed by atoms with E-state index in [0.29, 0.717) is 17.7 Å². The van der Waals surface area contributed by atoms with Crippen LogP contribution in [0.25, 0.3) is 0 Å². The van der Waals surface area contributed by atoms with E-state index in [9.17, 15) is 9.59 Å². The number of rotatable bonds is 8. The molecule has 5 nitrogen and oxygen atoms in total. The molecule has 1 unspecified atom stereocenters. The van der Waals surface area contributed by atoms with Crippen molar-refractivity contribution in [2.75, 3.05) is 12.4 Å². The monoisotopic (exact) mass is 341 g/mol. The van der Waals surface area contributed by atoms with Gasteiger partial charge in [0.1, 0.15) is 5.75 Å². The summed E-state index contributed by atoms with van der Waals surface area (Å²) in [4.78, 5) is 23.4. The standard InChI is InChI=1S/C20H23NO4/c1-3-14(15-8-10-17(25-2)11-9-15)12-19(22)21-18-7-5-4-6-16(18)13-20(23)24/h4-11,14H,3,12-13H2,1-2H3,(H,21,22)(H,23,24). The maximum atomic E-state index is 12.4. The number of carboxylic acids is 1. The number of carbonyl (C=O) groups is 2. The van der Waals surface area contributed by atoms with Crippen molar-refractivity contribution in [1.29, 1.82) is 0 Å². The molecular weight excluding hydrogens is 318 g/mol. The average Bonchev–Trinajstić information content (AvgIpc) is 2.61. The molecule has 2 rings (SSSR count). The van der Waals surface area contributed by atoms with E-state index in [1.165, 1.54) is 0 Å². The Morgan fingerprint density at radius 2 is 1.80 bits per heavy atom. The number of hydrogen-bond acceptors (Lipinski definition) is 3. The van der Waals surface area contributed by atoms with Crippen molar-refractivity contribution in [3.05, 3.63) is 59.7 Å². The maximum absolute atomic E-state index is 12.4. The highest BCUT2D eigenvalue weighted by Gasteiger charge is 2.16. The Kier molecular flexibility index (Phi) is 6.57. The summed E-state index contributed by atoms with van der Waals surface area (Å²) in [6.45, 7) is 2.04. The number of amides is 1. The van der Waals surface area contributed by atoms with Crippen LogP contribution in [0.5, 0.6) is 5.75 Å². The number of benzene rings is 2. The number of para-hydroxylation sites is 1. The summed E-state index contributed by atoms with van der Waals surface area (Å²) in [5.74, 6) is -0.171. The predicted octanol–water partition coefficient (Wildman–Crippen LogP) is 3.84. The van der Waals surface area contributed by atoms with Crippen LogP contribution in [0.3, 0.4) is 0 Å². The lowest BCUT2D eigenvalue weighted by Gasteiger charge is -2.16. The first-order valence-electron chi connectivity index (χ1n) is 8.27. The third-order valence-corrected chi connectivity index (χ3v) is 4.14. The highest BCUT2D eigenvalue weighted by molar-refractivity contribution is 5.92. The summed E-state index contributed by atoms with van der Waals surface area (Å²) >= 11 is 0. The van der Waals surface area contributed by atoms with Crippen LogP contribution < -0.4 is 10.1 Å². The Hall–Kier alpha value is -2.82. The van der Waals surface area contributed by atoms with Crippen molar-refractivity contribution in [3.63, 3.8) is 0 Å². The van der Waals surface area contributed by atoms with Crippen LogP contribution in [-0.2, 0) is 16.0 Å². The van der Waals surface area contributed by atoms with E-state index in [2.05, 4.69) is 5.32 Å². The summed E-state index contributed by atoms with van der Waals surface area (Å²) in [7, 11) is 1.62. The first-order valence-corrected chi connectivity index (χ1v) is 8.27. The molecule has 2 aromatic rings. The molecule has 1 amide bonds. The van der Waals surface area contributed by atoms with Crippen molar-refractivity contribution in [1.82, 2.24) is 0 Å². The SMILES string of the molecule is CCC(CC(=O)Nc1ccccc1CC(=O)O)c1ccc(OC)cc1. The quantitative estimate of drug-likeness (QED) is 0.765. The Balaban J connectivity index is 2.06. The second-order valence-electron chi connectivity index (χ2n) is 5.86. The molecule has 132 valence electrons. The second-order valence-corrected chi connectivity index (χ2v) is 5.86. The van der Waals surface area contributed by atoms with Crippen molar-refractivity contribution in [3.8, 4) is 5.75 Å². The van der Waals surface area contributed by atoms with Crippen LogP contribution in [-0.4, -0.2) is 24.1 Å². The average molecular weight is 341 g/mol. The molecule has 0 saturated heterocycles. The van der Waals surface area contributed by atoms with E-state index in [-0.39, 0.29) is 18.2 Å². The van der Waals surface area contributed by atoms with Gasteiger partial charge in [0.15, 0.2) is 0 Å². The van der Waals surface area contributed by atoms with Gasteiger partial charge >= 0.3 is 5.97 Å². The highest BCUT2D eigenvalue weighted by Crippen LogP contribution is 2.26. The zero-order valence-corrected chi connectivity index (χ0v) is 14.5. The molecule has 0 aliphatic carbocycles. The Bertz CT molecular complexity index is 725. The fourth-order valence-corrected chi connectivity index (χ4v) is 2.76. The molecule has 1 atom stereocenters. The lowest BCUT2D eigenvalue weighted by Crippen LogP contribution is -2.17. The number of ether oxygens (including phenoxy) is 1. The smallest absolute Gasteiger partial charge is 0.307 e. The molecule has 0 heterocycles. The van der Waals surface area contributed by atoms with E-state index in [4.69, 9.17) is 9.84 Å². The second kappa shape index (κ2) is 8.87. The van der Waals surface area contributed by atoms with E-state index in [1.54, 1.807) is 31.4 Å². The normalized spacial score (nSPS) is 11.6. The minimum Gasteiger partial charge on any atom is -0.497 e. The Morgan fingerprint density at radius 1 is 1.12 bits per heavy atom. The van der Waals surface area contributed by atoms with Gasteiger partial charge in [0.05, 0.1) is 13.5 Å². The van der Waals surface area contributed by atoms with Gasteiger partial charge in [-0.1, -0.05) is 37.3 Å². The first-order chi connectivity index (χ1) is 12.0. The predicted molar refractivity (Wildman–Crippen MR) is 97.1 cm³/mol. The van der Waals surface area contributed by atoms with Gasteiger partial charge in [-0.25, -0.2) is 0 Å². The highest BCUT2D eigenvalue weighted by atomic mass is 16.5. The summed E-state index contributed by atoms with van der Waals surface area (Å²) < 4.78 is 5.16. The number of aliphatic carboxylic acids is 1. The van der Waals surface area contributed by atoms with E-state index in [1.807, 2.05) is 31.2 Å². The summed E-state index contributed by atoms with van der Waals surface area (Å²) in [6.07, 6.45) is 1.05. The number of nitrogens with one attached hydrogen (secondary N) is 1. The molecule has 0 aliphatic heterocycles. The number of anilines is 1. The fraction of sp³-hybridized carbons (Fsp3) is 0.300. The van der Waals surface area contributed by atoms with Gasteiger partial charge < -0.3 is 15.2 Å². The first kappa shape index (κ1) is 18.5. The molecule has 0 aliphatic rings. The van der Waals surface area contributed by atoms with Crippen LogP contribution in [0.2, 0.25) is 0 Å². The van der Waals surface area contributed by atoms with Crippen LogP contribution in [0.15, 0.2) is 48.5 Å². The minimum absolute atomic E-state index is 0.0949. The van der Waals surface area contributed by atoms with Crippen LogP contribution in [0.4, 0.5) is 5.69 Å². The van der Waals surface area contributed by atoms with Crippen LogP contribution in [0, 0.1) is 0 Å². The van der Waals surface area contributed by atoms with Gasteiger partial charge in [0.2, 0.25) is 5.91 Å². The third kappa shape index (κ3) is 5.35. The molecule has 0 radical (unpaired) electrons. The largest absolute Gasteiger partial charge is 0.497 e.